The Hall–Kier alpha value is -6.38. The number of ether oxygens (including phenoxy) is 2. The van der Waals surface area contributed by atoms with Crippen LogP contribution in [0.2, 0.25) is 0 Å². The van der Waals surface area contributed by atoms with E-state index in [2.05, 4.69) is 44.0 Å². The van der Waals surface area contributed by atoms with E-state index in [9.17, 15) is 19.7 Å². The first-order chi connectivity index (χ1) is 31.0. The van der Waals surface area contributed by atoms with Gasteiger partial charge in [-0.3, -0.25) is 29.0 Å². The van der Waals surface area contributed by atoms with Crippen LogP contribution in [0, 0.1) is 10.1 Å². The van der Waals surface area contributed by atoms with E-state index in [1.54, 1.807) is 54.5 Å². The Morgan fingerprint density at radius 1 is 0.677 bits per heavy atom. The number of nitro benzene ring substituents is 1. The number of likely N-dealkylation sites (tertiary alicyclic amines) is 2. The number of non-ortho nitro benzene ring substituents is 1. The molecule has 4 heterocycles. The molecule has 4 aromatic carbocycles. The van der Waals surface area contributed by atoms with Crippen LogP contribution < -0.4 is 15.2 Å². The van der Waals surface area contributed by atoms with Crippen molar-refractivity contribution in [1.82, 2.24) is 38.7 Å². The van der Waals surface area contributed by atoms with E-state index in [1.165, 1.54) is 34.2 Å². The van der Waals surface area contributed by atoms with Gasteiger partial charge in [-0.25, -0.2) is 19.6 Å². The zero-order valence-corrected chi connectivity index (χ0v) is 38.7. The molecule has 8 rings (SSSR count). The van der Waals surface area contributed by atoms with Gasteiger partial charge in [0.1, 0.15) is 24.2 Å². The molecule has 2 fully saturated rings. The number of aromatic nitrogens is 4. The number of methoxy groups -OCH3 is 2. The quantitative estimate of drug-likeness (QED) is 0.0584. The summed E-state index contributed by atoms with van der Waals surface area (Å²) in [5.41, 5.74) is 11.8. The van der Waals surface area contributed by atoms with Crippen LogP contribution in [0.5, 0.6) is 11.5 Å². The maximum atomic E-state index is 13.0. The minimum absolute atomic E-state index is 0. The van der Waals surface area contributed by atoms with Crippen LogP contribution in [0.1, 0.15) is 36.8 Å². The van der Waals surface area contributed by atoms with Crippen LogP contribution in [-0.4, -0.2) is 122 Å². The molecule has 2 aliphatic heterocycles. The molecule has 2 saturated heterocycles. The monoisotopic (exact) mass is 974 g/mol. The number of carbonyl (C=O) groups is 2. The predicted molar refractivity (Wildman–Crippen MR) is 246 cm³/mol. The Morgan fingerprint density at radius 2 is 1.11 bits per heavy atom. The zero-order valence-electron chi connectivity index (χ0n) is 37.1. The molecular formula is C48H56N10O6Pd. The van der Waals surface area contributed by atoms with Gasteiger partial charge >= 0.3 is 12.1 Å². The van der Waals surface area contributed by atoms with E-state index in [-0.39, 0.29) is 50.3 Å². The average Bonchev–Trinajstić information content (AvgIpc) is 4.04. The number of anilines is 1. The van der Waals surface area contributed by atoms with Gasteiger partial charge in [0.25, 0.3) is 5.69 Å². The SMILES string of the molecule is COc1cccc(CN2CCC(N(C)C(=O)n3cnc(-c4cccc(N)c4)c3)CC2)c1.COc1cccc(CN2CCC(N(C)C(=O)n3cnc(-c4cccc([N+](=O)[O-])c4)c3)CC2)c1.[Pd]. The molecule has 0 spiro atoms. The summed E-state index contributed by atoms with van der Waals surface area (Å²) >= 11 is 0. The standard InChI is InChI=1S/C24H27N5O4.C24H29N5O2.Pd/c1-26(20-9-11-27(12-10-20)15-18-5-3-8-22(13-18)33-2)24(30)28-16-23(25-17-28)19-6-4-7-21(14-19)29(31)32;1-27(24(30)29-16-23(26-17-29)19-6-4-7-20(25)14-19)21-9-11-28(12-10-21)15-18-5-3-8-22(13-18)31-2;/h3-8,13-14,16-17,20H,9-12,15H2,1-2H3;3-8,13-14,16-17,21H,9-12,15,25H2,1-2H3;. The van der Waals surface area contributed by atoms with Crippen LogP contribution in [0.25, 0.3) is 22.5 Å². The summed E-state index contributed by atoms with van der Waals surface area (Å²) in [6.07, 6.45) is 10.1. The second-order valence-corrected chi connectivity index (χ2v) is 16.3. The Kier molecular flexibility index (Phi) is 16.6. The Bertz CT molecular complexity index is 2530. The van der Waals surface area contributed by atoms with Crippen LogP contribution in [0.15, 0.2) is 122 Å². The number of imidazole rings is 2. The number of nitrogen functional groups attached to an aromatic ring is 1. The van der Waals surface area contributed by atoms with Gasteiger partial charge in [-0.05, 0) is 73.2 Å². The second-order valence-electron chi connectivity index (χ2n) is 16.3. The van der Waals surface area contributed by atoms with Crippen molar-refractivity contribution in [2.24, 2.45) is 0 Å². The van der Waals surface area contributed by atoms with E-state index in [1.807, 2.05) is 67.5 Å². The molecule has 344 valence electrons. The number of nitrogens with zero attached hydrogens (tertiary/aromatic N) is 9. The summed E-state index contributed by atoms with van der Waals surface area (Å²) in [4.78, 5) is 53.7. The second kappa shape index (κ2) is 22.5. The molecule has 2 N–H and O–H groups in total. The van der Waals surface area contributed by atoms with E-state index in [4.69, 9.17) is 15.2 Å². The van der Waals surface area contributed by atoms with Gasteiger partial charge in [0.2, 0.25) is 0 Å². The number of amides is 2. The first-order valence-corrected chi connectivity index (χ1v) is 21.4. The summed E-state index contributed by atoms with van der Waals surface area (Å²) in [6.45, 7) is 5.48. The molecule has 0 unspecified atom stereocenters. The van der Waals surface area contributed by atoms with Gasteiger partial charge < -0.3 is 25.0 Å². The smallest absolute Gasteiger partial charge is 0.329 e. The number of hydrogen-bond acceptors (Lipinski definition) is 11. The number of nitrogens with two attached hydrogens (primary N) is 1. The Balaban J connectivity index is 0.000000212. The predicted octanol–water partition coefficient (Wildman–Crippen LogP) is 7.73. The number of hydrogen-bond donors (Lipinski definition) is 1. The third-order valence-electron chi connectivity index (χ3n) is 12.0. The molecule has 0 radical (unpaired) electrons. The van der Waals surface area contributed by atoms with Crippen LogP contribution in [0.4, 0.5) is 21.0 Å². The maximum Gasteiger partial charge on any atom is 0.329 e. The first-order valence-electron chi connectivity index (χ1n) is 21.4. The minimum atomic E-state index is -0.444. The zero-order chi connectivity index (χ0) is 45.2. The van der Waals surface area contributed by atoms with Crippen molar-refractivity contribution in [3.05, 3.63) is 143 Å². The summed E-state index contributed by atoms with van der Waals surface area (Å²) in [5.74, 6) is 1.74. The summed E-state index contributed by atoms with van der Waals surface area (Å²) in [7, 11) is 7.06. The van der Waals surface area contributed by atoms with Crippen molar-refractivity contribution in [2.75, 3.05) is 60.2 Å². The summed E-state index contributed by atoms with van der Waals surface area (Å²) < 4.78 is 13.6. The van der Waals surface area contributed by atoms with Crippen molar-refractivity contribution in [2.45, 2.75) is 50.9 Å². The molecule has 2 amide bonds. The Morgan fingerprint density at radius 3 is 1.54 bits per heavy atom. The van der Waals surface area contributed by atoms with E-state index < -0.39 is 4.92 Å². The molecule has 0 atom stereocenters. The fraction of sp³-hybridized carbons (Fsp3) is 0.333. The largest absolute Gasteiger partial charge is 0.497 e. The van der Waals surface area contributed by atoms with Gasteiger partial charge in [-0.2, -0.15) is 0 Å². The first kappa shape index (κ1) is 48.1. The fourth-order valence-electron chi connectivity index (χ4n) is 8.29. The van der Waals surface area contributed by atoms with Gasteiger partial charge in [0.15, 0.2) is 0 Å². The number of carbonyl (C=O) groups excluding carboxylic acids is 2. The van der Waals surface area contributed by atoms with E-state index in [0.717, 1.165) is 87.7 Å². The summed E-state index contributed by atoms with van der Waals surface area (Å²) in [6, 6.07) is 30.2. The van der Waals surface area contributed by atoms with E-state index >= 15 is 0 Å². The van der Waals surface area contributed by atoms with Crippen molar-refractivity contribution in [3.8, 4) is 34.0 Å². The third kappa shape index (κ3) is 12.5. The van der Waals surface area contributed by atoms with Crippen molar-refractivity contribution >= 4 is 23.4 Å². The van der Waals surface area contributed by atoms with Crippen LogP contribution in [-0.2, 0) is 33.5 Å². The van der Waals surface area contributed by atoms with Crippen molar-refractivity contribution < 1.29 is 44.4 Å². The number of piperidine rings is 2. The maximum absolute atomic E-state index is 13.0. The third-order valence-corrected chi connectivity index (χ3v) is 12.0. The van der Waals surface area contributed by atoms with Gasteiger partial charge in [0.05, 0.1) is 30.5 Å². The number of benzene rings is 4. The molecule has 2 aliphatic rings. The molecule has 17 heteroatoms. The van der Waals surface area contributed by atoms with Crippen molar-refractivity contribution in [3.63, 3.8) is 0 Å². The van der Waals surface area contributed by atoms with E-state index in [0.29, 0.717) is 16.9 Å². The molecule has 2 aromatic heterocycles. The average molecular weight is 975 g/mol. The molecule has 0 saturated carbocycles. The van der Waals surface area contributed by atoms with Crippen LogP contribution in [0.3, 0.4) is 0 Å². The van der Waals surface area contributed by atoms with Crippen LogP contribution >= 0.6 is 0 Å². The number of rotatable bonds is 11. The van der Waals surface area contributed by atoms with Gasteiger partial charge in [-0.1, -0.05) is 48.5 Å². The minimum Gasteiger partial charge on any atom is -0.497 e. The van der Waals surface area contributed by atoms with Gasteiger partial charge in [-0.15, -0.1) is 0 Å². The molecular weight excluding hydrogens is 919 g/mol. The molecule has 0 bridgehead atoms. The van der Waals surface area contributed by atoms with Gasteiger partial charge in [0, 0.05) is 127 Å². The summed E-state index contributed by atoms with van der Waals surface area (Å²) in [5, 5.41) is 11.0. The molecule has 6 aromatic rings. The molecule has 16 nitrogen and oxygen atoms in total. The molecule has 65 heavy (non-hydrogen) atoms. The van der Waals surface area contributed by atoms with Crippen molar-refractivity contribution in [1.29, 1.82) is 0 Å². The molecule has 0 aliphatic carbocycles. The fourth-order valence-corrected chi connectivity index (χ4v) is 8.29. The normalized spacial score (nSPS) is 14.6. The topological polar surface area (TPSA) is 170 Å². The number of nitro groups is 1. The Labute approximate surface area is 393 Å².